The minimum Gasteiger partial charge on any atom is -0.507 e. The van der Waals surface area contributed by atoms with E-state index in [2.05, 4.69) is 5.16 Å². The third-order valence-corrected chi connectivity index (χ3v) is 6.25. The molecule has 1 saturated heterocycles. The van der Waals surface area contributed by atoms with Crippen LogP contribution in [0.25, 0.3) is 17.0 Å². The molecule has 1 aromatic heterocycles. The van der Waals surface area contributed by atoms with Crippen molar-refractivity contribution in [3.05, 3.63) is 102 Å². The number of ether oxygens (including phenoxy) is 2. The van der Waals surface area contributed by atoms with E-state index in [1.165, 1.54) is 18.3 Å². The molecule has 0 spiro atoms. The highest BCUT2D eigenvalue weighted by Crippen LogP contribution is 2.45. The number of rotatable bonds is 8. The van der Waals surface area contributed by atoms with E-state index in [4.69, 9.17) is 14.0 Å². The summed E-state index contributed by atoms with van der Waals surface area (Å²) in [4.78, 5) is 28.3. The molecule has 2 N–H and O–H groups in total. The second-order valence-corrected chi connectivity index (χ2v) is 8.44. The number of ketones is 1. The molecule has 1 fully saturated rings. The zero-order valence-corrected chi connectivity index (χ0v) is 20.4. The summed E-state index contributed by atoms with van der Waals surface area (Å²) in [6.45, 7) is -0.203. The van der Waals surface area contributed by atoms with Crippen LogP contribution in [0.2, 0.25) is 0 Å². The molecule has 192 valence electrons. The van der Waals surface area contributed by atoms with E-state index in [0.717, 1.165) is 5.56 Å². The summed E-state index contributed by atoms with van der Waals surface area (Å²) in [6, 6.07) is 21.1. The van der Waals surface area contributed by atoms with E-state index in [1.54, 1.807) is 78.9 Å². The molecule has 1 aliphatic rings. The average molecular weight is 513 g/mol. The number of carbonyl (C=O) groups is 2. The molecular formula is C29H24N2O7. The van der Waals surface area contributed by atoms with Crippen molar-refractivity contribution in [3.63, 3.8) is 0 Å². The number of benzene rings is 3. The highest BCUT2D eigenvalue weighted by Gasteiger charge is 2.48. The van der Waals surface area contributed by atoms with Crippen molar-refractivity contribution in [2.75, 3.05) is 25.2 Å². The fourth-order valence-corrected chi connectivity index (χ4v) is 4.45. The molecule has 5 rings (SSSR count). The maximum Gasteiger partial charge on any atom is 0.300 e. The van der Waals surface area contributed by atoms with Crippen molar-refractivity contribution in [3.8, 4) is 22.8 Å². The van der Waals surface area contributed by atoms with Gasteiger partial charge < -0.3 is 24.2 Å². The van der Waals surface area contributed by atoms with Crippen molar-refractivity contribution >= 4 is 23.1 Å². The molecule has 0 aliphatic carbocycles. The minimum atomic E-state index is -0.995. The molecule has 0 saturated carbocycles. The van der Waals surface area contributed by atoms with E-state index in [-0.39, 0.29) is 24.5 Å². The number of aromatic nitrogens is 1. The molecule has 0 radical (unpaired) electrons. The van der Waals surface area contributed by atoms with Gasteiger partial charge in [0, 0.05) is 28.4 Å². The van der Waals surface area contributed by atoms with Crippen LogP contribution in [0.1, 0.15) is 17.2 Å². The molecule has 1 atom stereocenters. The minimum absolute atomic E-state index is 0.0154. The van der Waals surface area contributed by atoms with Crippen molar-refractivity contribution in [2.45, 2.75) is 6.04 Å². The summed E-state index contributed by atoms with van der Waals surface area (Å²) in [5, 5.41) is 24.6. The van der Waals surface area contributed by atoms with Crippen molar-refractivity contribution in [1.82, 2.24) is 5.16 Å². The maximum atomic E-state index is 13.5. The molecule has 1 amide bonds. The first kappa shape index (κ1) is 24.8. The van der Waals surface area contributed by atoms with Crippen LogP contribution in [0.3, 0.4) is 0 Å². The van der Waals surface area contributed by atoms with Gasteiger partial charge in [-0.3, -0.25) is 14.5 Å². The number of aliphatic hydroxyl groups excluding tert-OH is 2. The van der Waals surface area contributed by atoms with Gasteiger partial charge in [0.25, 0.3) is 11.7 Å². The summed E-state index contributed by atoms with van der Waals surface area (Å²) in [7, 11) is 1.53. The third-order valence-electron chi connectivity index (χ3n) is 6.25. The van der Waals surface area contributed by atoms with Gasteiger partial charge in [-0.25, -0.2) is 0 Å². The Morgan fingerprint density at radius 1 is 1.00 bits per heavy atom. The summed E-state index contributed by atoms with van der Waals surface area (Å²) >= 11 is 0. The predicted molar refractivity (Wildman–Crippen MR) is 139 cm³/mol. The zero-order valence-electron chi connectivity index (χ0n) is 20.4. The Bertz CT molecular complexity index is 1480. The van der Waals surface area contributed by atoms with Gasteiger partial charge in [-0.05, 0) is 42.5 Å². The number of hydrogen-bond acceptors (Lipinski definition) is 8. The molecule has 1 aliphatic heterocycles. The van der Waals surface area contributed by atoms with Gasteiger partial charge in [0.2, 0.25) is 0 Å². The molecule has 38 heavy (non-hydrogen) atoms. The number of Topliss-reactive ketones (excluding diaryl/α,β-unsaturated/α-hetero) is 1. The van der Waals surface area contributed by atoms with Crippen LogP contribution >= 0.6 is 0 Å². The van der Waals surface area contributed by atoms with Gasteiger partial charge in [-0.1, -0.05) is 35.5 Å². The van der Waals surface area contributed by atoms with Crippen LogP contribution in [0.15, 0.2) is 95.2 Å². The summed E-state index contributed by atoms with van der Waals surface area (Å²) in [5.74, 6) is -1.00. The Kier molecular flexibility index (Phi) is 6.92. The van der Waals surface area contributed by atoms with Crippen LogP contribution in [-0.4, -0.2) is 47.4 Å². The summed E-state index contributed by atoms with van der Waals surface area (Å²) < 4.78 is 15.9. The normalized spacial score (nSPS) is 16.6. The van der Waals surface area contributed by atoms with E-state index in [9.17, 15) is 19.8 Å². The highest BCUT2D eigenvalue weighted by molar-refractivity contribution is 6.51. The lowest BCUT2D eigenvalue weighted by molar-refractivity contribution is -0.132. The Balaban J connectivity index is 1.67. The second-order valence-electron chi connectivity index (χ2n) is 8.44. The molecule has 4 aromatic rings. The average Bonchev–Trinajstić information content (AvgIpc) is 3.59. The Morgan fingerprint density at radius 2 is 1.74 bits per heavy atom. The molecular weight excluding hydrogens is 488 g/mol. The lowest BCUT2D eigenvalue weighted by Crippen LogP contribution is -2.29. The van der Waals surface area contributed by atoms with Gasteiger partial charge in [-0.15, -0.1) is 0 Å². The fraction of sp³-hybridized carbons (Fsp3) is 0.138. The maximum absolute atomic E-state index is 13.5. The number of hydrogen-bond donors (Lipinski definition) is 2. The van der Waals surface area contributed by atoms with Crippen LogP contribution in [0.5, 0.6) is 11.5 Å². The van der Waals surface area contributed by atoms with Crippen molar-refractivity contribution < 1.29 is 33.8 Å². The lowest BCUT2D eigenvalue weighted by Gasteiger charge is -2.27. The number of nitrogens with zero attached hydrogens (tertiary/aromatic N) is 2. The highest BCUT2D eigenvalue weighted by atomic mass is 16.5. The van der Waals surface area contributed by atoms with Crippen LogP contribution in [0.4, 0.5) is 5.69 Å². The van der Waals surface area contributed by atoms with Crippen LogP contribution in [0, 0.1) is 0 Å². The Hall–Kier alpha value is -4.89. The topological polar surface area (TPSA) is 122 Å². The van der Waals surface area contributed by atoms with E-state index >= 15 is 0 Å². The number of anilines is 1. The van der Waals surface area contributed by atoms with E-state index < -0.39 is 17.7 Å². The number of methoxy groups -OCH3 is 1. The Morgan fingerprint density at radius 3 is 2.39 bits per heavy atom. The van der Waals surface area contributed by atoms with Crippen molar-refractivity contribution in [1.29, 1.82) is 0 Å². The first-order valence-corrected chi connectivity index (χ1v) is 11.8. The number of aliphatic hydroxyl groups is 2. The molecule has 9 nitrogen and oxygen atoms in total. The van der Waals surface area contributed by atoms with Crippen molar-refractivity contribution in [2.24, 2.45) is 0 Å². The SMILES string of the molecule is COc1ccc(/C(O)=C2/C(=O)C(=O)N(c3ccc(-c4ccon4)cc3)C2c2ccccc2OCCO)cc1. The predicted octanol–water partition coefficient (Wildman–Crippen LogP) is 4.35. The first-order chi connectivity index (χ1) is 18.5. The first-order valence-electron chi connectivity index (χ1n) is 11.8. The lowest BCUT2D eigenvalue weighted by atomic mass is 9.94. The fourth-order valence-electron chi connectivity index (χ4n) is 4.45. The summed E-state index contributed by atoms with van der Waals surface area (Å²) in [6.07, 6.45) is 1.46. The van der Waals surface area contributed by atoms with Gasteiger partial charge in [0.15, 0.2) is 0 Å². The monoisotopic (exact) mass is 512 g/mol. The smallest absolute Gasteiger partial charge is 0.300 e. The zero-order chi connectivity index (χ0) is 26.6. The van der Waals surface area contributed by atoms with E-state index in [1.807, 2.05) is 0 Å². The largest absolute Gasteiger partial charge is 0.507 e. The van der Waals surface area contributed by atoms with Crippen LogP contribution < -0.4 is 14.4 Å². The molecule has 9 heteroatoms. The molecule has 2 heterocycles. The summed E-state index contributed by atoms with van der Waals surface area (Å²) in [5.41, 5.74) is 2.58. The van der Waals surface area contributed by atoms with Gasteiger partial charge in [0.1, 0.15) is 35.8 Å². The molecule has 1 unspecified atom stereocenters. The molecule has 0 bridgehead atoms. The van der Waals surface area contributed by atoms with Gasteiger partial charge in [-0.2, -0.15) is 0 Å². The number of amides is 1. The quantitative estimate of drug-likeness (QED) is 0.203. The number of carbonyl (C=O) groups excluding carboxylic acids is 2. The Labute approximate surface area is 218 Å². The standard InChI is InChI=1S/C29H24N2O7/c1-36-21-12-8-19(9-13-21)27(33)25-26(22-4-2-3-5-24(22)37-17-15-32)31(29(35)28(25)34)20-10-6-18(7-11-20)23-14-16-38-30-23/h2-14,16,26,32-33H,15,17H2,1H3/b27-25-. The van der Waals surface area contributed by atoms with E-state index in [0.29, 0.717) is 34.0 Å². The number of para-hydroxylation sites is 1. The molecule has 3 aromatic carbocycles. The van der Waals surface area contributed by atoms with Gasteiger partial charge in [0.05, 0.1) is 25.3 Å². The van der Waals surface area contributed by atoms with Crippen LogP contribution in [-0.2, 0) is 9.59 Å². The third kappa shape index (κ3) is 4.51. The second kappa shape index (κ2) is 10.6. The van der Waals surface area contributed by atoms with Gasteiger partial charge >= 0.3 is 0 Å².